The Hall–Kier alpha value is -2.27. The highest BCUT2D eigenvalue weighted by Gasteiger charge is 2.06. The molecule has 0 aromatic heterocycles. The first-order valence-corrected chi connectivity index (χ1v) is 9.33. The minimum Gasteiger partial charge on any atom is -0.458 e. The second kappa shape index (κ2) is 10.6. The molecule has 0 spiro atoms. The van der Waals surface area contributed by atoms with Gasteiger partial charge in [-0.3, -0.25) is 0 Å². The number of benzene rings is 1. The monoisotopic (exact) mass is 358 g/mol. The summed E-state index contributed by atoms with van der Waals surface area (Å²) in [4.78, 5) is 23.4. The Morgan fingerprint density at radius 3 is 2.72 bits per heavy atom. The van der Waals surface area contributed by atoms with Gasteiger partial charge in [-0.15, -0.1) is 0 Å². The highest BCUT2D eigenvalue weighted by atomic mass is 32.2. The van der Waals surface area contributed by atoms with Gasteiger partial charge >= 0.3 is 11.9 Å². The summed E-state index contributed by atoms with van der Waals surface area (Å²) in [6, 6.07) is 9.44. The molecule has 0 fully saturated rings. The Morgan fingerprint density at radius 2 is 2.00 bits per heavy atom. The van der Waals surface area contributed by atoms with Gasteiger partial charge in [-0.1, -0.05) is 42.5 Å². The van der Waals surface area contributed by atoms with Gasteiger partial charge in [-0.25, -0.2) is 9.59 Å². The first-order valence-electron chi connectivity index (χ1n) is 8.18. The molecule has 1 atom stereocenters. The number of esters is 2. The number of rotatable bonds is 7. The van der Waals surface area contributed by atoms with Crippen LogP contribution in [-0.4, -0.2) is 29.5 Å². The van der Waals surface area contributed by atoms with Crippen molar-refractivity contribution < 1.29 is 19.1 Å². The van der Waals surface area contributed by atoms with E-state index in [4.69, 9.17) is 9.47 Å². The molecule has 0 radical (unpaired) electrons. The van der Waals surface area contributed by atoms with Crippen molar-refractivity contribution in [2.45, 2.75) is 26.1 Å². The summed E-state index contributed by atoms with van der Waals surface area (Å²) in [5.74, 6) is 1.16. The van der Waals surface area contributed by atoms with Crippen molar-refractivity contribution in [2.75, 3.05) is 11.5 Å². The van der Waals surface area contributed by atoms with Gasteiger partial charge in [0.15, 0.2) is 0 Å². The van der Waals surface area contributed by atoms with Gasteiger partial charge in [0, 0.05) is 17.9 Å². The molecule has 0 saturated carbocycles. The fourth-order valence-electron chi connectivity index (χ4n) is 2.12. The molecule has 2 rings (SSSR count). The molecule has 25 heavy (non-hydrogen) atoms. The third-order valence-corrected chi connectivity index (χ3v) is 4.46. The maximum atomic E-state index is 11.8. The number of allylic oxidation sites excluding steroid dienone is 2. The van der Waals surface area contributed by atoms with Crippen molar-refractivity contribution in [1.82, 2.24) is 0 Å². The van der Waals surface area contributed by atoms with E-state index in [1.54, 1.807) is 13.0 Å². The van der Waals surface area contributed by atoms with Crippen molar-refractivity contribution in [1.29, 1.82) is 0 Å². The Kier molecular flexibility index (Phi) is 8.05. The van der Waals surface area contributed by atoms with Gasteiger partial charge in [0.25, 0.3) is 0 Å². The largest absolute Gasteiger partial charge is 0.458 e. The molecule has 0 amide bonds. The fourth-order valence-corrected chi connectivity index (χ4v) is 3.00. The fraction of sp³-hybridized carbons (Fsp3) is 0.300. The summed E-state index contributed by atoms with van der Waals surface area (Å²) in [5.41, 5.74) is 2.06. The molecule has 5 heteroatoms. The summed E-state index contributed by atoms with van der Waals surface area (Å²) in [7, 11) is 0. The topological polar surface area (TPSA) is 52.6 Å². The van der Waals surface area contributed by atoms with Gasteiger partial charge in [0.05, 0.1) is 0 Å². The first-order chi connectivity index (χ1) is 12.1. The summed E-state index contributed by atoms with van der Waals surface area (Å²) < 4.78 is 10.3. The molecule has 4 nitrogen and oxygen atoms in total. The van der Waals surface area contributed by atoms with Crippen LogP contribution in [0.3, 0.4) is 0 Å². The SMILES string of the molecule is C[C@H](C=CC(=O)OCc1ccccc1)OC(=O)C=CC1=CCCSC1. The molecule has 0 N–H and O–H groups in total. The lowest BCUT2D eigenvalue weighted by atomic mass is 10.2. The van der Waals surface area contributed by atoms with Crippen LogP contribution in [0.5, 0.6) is 0 Å². The van der Waals surface area contributed by atoms with E-state index in [0.29, 0.717) is 0 Å². The number of hydrogen-bond donors (Lipinski definition) is 0. The average Bonchev–Trinajstić information content (AvgIpc) is 2.65. The number of carbonyl (C=O) groups is 2. The van der Waals surface area contributed by atoms with Gasteiger partial charge in [-0.2, -0.15) is 11.8 Å². The smallest absolute Gasteiger partial charge is 0.331 e. The molecular weight excluding hydrogens is 336 g/mol. The van der Waals surface area contributed by atoms with E-state index in [-0.39, 0.29) is 6.61 Å². The lowest BCUT2D eigenvalue weighted by Gasteiger charge is -2.09. The number of ether oxygens (including phenoxy) is 2. The second-order valence-electron chi connectivity index (χ2n) is 5.55. The van der Waals surface area contributed by atoms with Crippen LogP contribution < -0.4 is 0 Å². The summed E-state index contributed by atoms with van der Waals surface area (Å²) in [6.45, 7) is 1.91. The number of hydrogen-bond acceptors (Lipinski definition) is 5. The van der Waals surface area contributed by atoms with E-state index >= 15 is 0 Å². The standard InChI is InChI=1S/C20H22O4S/c1-16(24-20(22)12-10-18-8-5-13-25-15-18)9-11-19(21)23-14-17-6-3-2-4-7-17/h2-4,6-12,16H,5,13-15H2,1H3/t16-/m1/s1. The zero-order valence-corrected chi connectivity index (χ0v) is 15.0. The minimum atomic E-state index is -0.504. The van der Waals surface area contributed by atoms with Crippen molar-refractivity contribution in [3.05, 3.63) is 71.8 Å². The molecule has 0 saturated heterocycles. The maximum absolute atomic E-state index is 11.8. The van der Waals surface area contributed by atoms with E-state index in [9.17, 15) is 9.59 Å². The molecule has 0 bridgehead atoms. The van der Waals surface area contributed by atoms with Crippen molar-refractivity contribution in [2.24, 2.45) is 0 Å². The lowest BCUT2D eigenvalue weighted by molar-refractivity contribution is -0.141. The first kappa shape index (κ1) is 19.1. The Balaban J connectivity index is 1.70. The van der Waals surface area contributed by atoms with Crippen molar-refractivity contribution in [3.8, 4) is 0 Å². The van der Waals surface area contributed by atoms with E-state index in [1.807, 2.05) is 42.1 Å². The molecule has 1 aliphatic heterocycles. The molecule has 1 heterocycles. The van der Waals surface area contributed by atoms with E-state index < -0.39 is 18.0 Å². The van der Waals surface area contributed by atoms with Gasteiger partial charge in [-0.05, 0) is 36.3 Å². The Bertz CT molecular complexity index is 662. The maximum Gasteiger partial charge on any atom is 0.331 e. The predicted molar refractivity (Wildman–Crippen MR) is 100 cm³/mol. The van der Waals surface area contributed by atoms with Crippen molar-refractivity contribution >= 4 is 23.7 Å². The summed E-state index contributed by atoms with van der Waals surface area (Å²) in [6.07, 6.45) is 8.67. The zero-order valence-electron chi connectivity index (χ0n) is 14.2. The molecule has 0 aliphatic carbocycles. The van der Waals surface area contributed by atoms with Crippen LogP contribution in [-0.2, 0) is 25.7 Å². The van der Waals surface area contributed by atoms with Crippen LogP contribution in [0.4, 0.5) is 0 Å². The van der Waals surface area contributed by atoms with Crippen LogP contribution >= 0.6 is 11.8 Å². The minimum absolute atomic E-state index is 0.216. The Labute approximate surface area is 152 Å². The normalized spacial score (nSPS) is 15.8. The third-order valence-electron chi connectivity index (χ3n) is 3.40. The highest BCUT2D eigenvalue weighted by Crippen LogP contribution is 2.17. The van der Waals surface area contributed by atoms with Crippen molar-refractivity contribution in [3.63, 3.8) is 0 Å². The van der Waals surface area contributed by atoms with E-state index in [2.05, 4.69) is 6.08 Å². The van der Waals surface area contributed by atoms with Gasteiger partial charge in [0.1, 0.15) is 12.7 Å². The predicted octanol–water partition coefficient (Wildman–Crippen LogP) is 3.84. The van der Waals surface area contributed by atoms with Crippen LogP contribution in [0.15, 0.2) is 66.3 Å². The number of thioether (sulfide) groups is 1. The van der Waals surface area contributed by atoms with E-state index in [1.165, 1.54) is 18.2 Å². The summed E-state index contributed by atoms with van der Waals surface area (Å²) in [5, 5.41) is 0. The average molecular weight is 358 g/mol. The molecular formula is C20H22O4S. The number of carbonyl (C=O) groups excluding carboxylic acids is 2. The van der Waals surface area contributed by atoms with E-state index in [0.717, 1.165) is 29.1 Å². The lowest BCUT2D eigenvalue weighted by Crippen LogP contribution is -2.11. The van der Waals surface area contributed by atoms with Gasteiger partial charge < -0.3 is 9.47 Å². The third kappa shape index (κ3) is 7.90. The Morgan fingerprint density at radius 1 is 1.20 bits per heavy atom. The molecule has 1 aromatic carbocycles. The zero-order chi connectivity index (χ0) is 17.9. The molecule has 0 unspecified atom stereocenters. The van der Waals surface area contributed by atoms with Crippen LogP contribution in [0.25, 0.3) is 0 Å². The highest BCUT2D eigenvalue weighted by molar-refractivity contribution is 7.99. The summed E-state index contributed by atoms with van der Waals surface area (Å²) >= 11 is 1.85. The molecule has 1 aliphatic rings. The second-order valence-corrected chi connectivity index (χ2v) is 6.65. The molecule has 132 valence electrons. The van der Waals surface area contributed by atoms with Gasteiger partial charge in [0.2, 0.25) is 0 Å². The quantitative estimate of drug-likeness (QED) is 0.548. The van der Waals surface area contributed by atoms with Crippen LogP contribution in [0.2, 0.25) is 0 Å². The molecule has 1 aromatic rings. The van der Waals surface area contributed by atoms with Crippen LogP contribution in [0.1, 0.15) is 18.9 Å². The van der Waals surface area contributed by atoms with Crippen LogP contribution in [0, 0.1) is 0 Å².